The van der Waals surface area contributed by atoms with Crippen LogP contribution in [0.2, 0.25) is 0 Å². The Kier molecular flexibility index (Phi) is 7.76. The van der Waals surface area contributed by atoms with Crippen molar-refractivity contribution in [3.8, 4) is 16.9 Å². The van der Waals surface area contributed by atoms with Crippen molar-refractivity contribution in [3.05, 3.63) is 54.1 Å². The lowest BCUT2D eigenvalue weighted by Crippen LogP contribution is -2.26. The maximum Gasteiger partial charge on any atom is 0.376 e. The third kappa shape index (κ3) is 5.96. The van der Waals surface area contributed by atoms with Crippen molar-refractivity contribution >= 4 is 7.60 Å². The maximum absolute atomic E-state index is 12.8. The highest BCUT2D eigenvalue weighted by atomic mass is 31.2. The van der Waals surface area contributed by atoms with Gasteiger partial charge in [-0.15, -0.1) is 0 Å². The van der Waals surface area contributed by atoms with Gasteiger partial charge in [-0.05, 0) is 66.8 Å². The van der Waals surface area contributed by atoms with Crippen molar-refractivity contribution < 1.29 is 13.6 Å². The van der Waals surface area contributed by atoms with Crippen LogP contribution in [0.15, 0.2) is 48.5 Å². The van der Waals surface area contributed by atoms with E-state index in [9.17, 15) is 4.57 Å². The molecule has 0 aromatic heterocycles. The Hall–Kier alpha value is -1.57. The fourth-order valence-corrected chi connectivity index (χ4v) is 5.02. The zero-order valence-corrected chi connectivity index (χ0v) is 20.0. The Morgan fingerprint density at radius 3 is 1.62 bits per heavy atom. The first-order valence-electron chi connectivity index (χ1n) is 10.8. The molecule has 2 aromatic carbocycles. The fourth-order valence-electron chi connectivity index (χ4n) is 3.42. The summed E-state index contributed by atoms with van der Waals surface area (Å²) in [6.45, 7) is 14.4. The second-order valence-electron chi connectivity index (χ2n) is 8.48. The summed E-state index contributed by atoms with van der Waals surface area (Å²) in [6, 6.07) is 16.5. The van der Waals surface area contributed by atoms with Gasteiger partial charge in [-0.3, -0.25) is 4.52 Å². The van der Waals surface area contributed by atoms with E-state index in [1.807, 2.05) is 45.0 Å². The Balaban J connectivity index is 2.13. The Morgan fingerprint density at radius 1 is 0.759 bits per heavy atom. The van der Waals surface area contributed by atoms with Crippen molar-refractivity contribution in [2.75, 3.05) is 6.66 Å². The molecule has 0 radical (unpaired) electrons. The highest BCUT2D eigenvalue weighted by Crippen LogP contribution is 2.49. The summed E-state index contributed by atoms with van der Waals surface area (Å²) in [6.07, 6.45) is 3.83. The molecule has 160 valence electrons. The average molecular weight is 417 g/mol. The first-order valence-corrected chi connectivity index (χ1v) is 12.8. The van der Waals surface area contributed by atoms with Crippen molar-refractivity contribution in [1.82, 2.24) is 0 Å². The van der Waals surface area contributed by atoms with E-state index in [2.05, 4.69) is 45.0 Å². The molecule has 0 heterocycles. The minimum atomic E-state index is -3.19. The molecule has 0 bridgehead atoms. The molecule has 1 unspecified atom stereocenters. The number of rotatable bonds is 10. The van der Waals surface area contributed by atoms with Gasteiger partial charge in [0.15, 0.2) is 0 Å². The zero-order chi connectivity index (χ0) is 21.7. The Labute approximate surface area is 177 Å². The lowest BCUT2D eigenvalue weighted by atomic mass is 9.77. The standard InChI is InChI=1S/C25H37O3P/c1-8-24(5,9-2)22-16-12-20(13-17-22)21-14-18-23(19-15-21)27-29(7,26)28-25(6,10-3)11-4/h12-19H,8-11H2,1-7H3. The maximum atomic E-state index is 12.8. The molecule has 3 nitrogen and oxygen atoms in total. The molecule has 1 atom stereocenters. The molecule has 0 aliphatic carbocycles. The highest BCUT2D eigenvalue weighted by Gasteiger charge is 2.31. The molecule has 2 rings (SSSR count). The van der Waals surface area contributed by atoms with Crippen LogP contribution in [0.3, 0.4) is 0 Å². The van der Waals surface area contributed by atoms with Crippen LogP contribution in [0.1, 0.15) is 72.8 Å². The van der Waals surface area contributed by atoms with Gasteiger partial charge in [0, 0.05) is 6.66 Å². The molecule has 2 aromatic rings. The first-order chi connectivity index (χ1) is 13.6. The van der Waals surface area contributed by atoms with Crippen LogP contribution in [0.5, 0.6) is 5.75 Å². The summed E-state index contributed by atoms with van der Waals surface area (Å²) < 4.78 is 24.4. The van der Waals surface area contributed by atoms with E-state index in [0.29, 0.717) is 5.75 Å². The van der Waals surface area contributed by atoms with Gasteiger partial charge in [0.25, 0.3) is 0 Å². The van der Waals surface area contributed by atoms with Gasteiger partial charge in [-0.2, -0.15) is 0 Å². The Bertz CT molecular complexity index is 816. The molecular formula is C25H37O3P. The van der Waals surface area contributed by atoms with Crippen LogP contribution in [-0.4, -0.2) is 12.3 Å². The number of hydrogen-bond acceptors (Lipinski definition) is 3. The molecule has 0 fully saturated rings. The zero-order valence-electron chi connectivity index (χ0n) is 19.1. The van der Waals surface area contributed by atoms with E-state index in [0.717, 1.165) is 36.8 Å². The molecule has 0 saturated heterocycles. The monoisotopic (exact) mass is 416 g/mol. The van der Waals surface area contributed by atoms with Gasteiger partial charge < -0.3 is 4.52 Å². The third-order valence-corrected chi connectivity index (χ3v) is 7.80. The molecule has 0 N–H and O–H groups in total. The largest absolute Gasteiger partial charge is 0.425 e. The summed E-state index contributed by atoms with van der Waals surface area (Å²) in [5, 5.41) is 0. The summed E-state index contributed by atoms with van der Waals surface area (Å²) in [4.78, 5) is 0. The van der Waals surface area contributed by atoms with Crippen molar-refractivity contribution in [2.24, 2.45) is 0 Å². The first kappa shape index (κ1) is 23.7. The smallest absolute Gasteiger partial charge is 0.376 e. The van der Waals surface area contributed by atoms with E-state index in [1.165, 1.54) is 5.56 Å². The molecule has 0 aliphatic rings. The van der Waals surface area contributed by atoms with Crippen LogP contribution in [0.4, 0.5) is 0 Å². The summed E-state index contributed by atoms with van der Waals surface area (Å²) >= 11 is 0. The predicted octanol–water partition coefficient (Wildman–Crippen LogP) is 8.23. The van der Waals surface area contributed by atoms with Crippen LogP contribution >= 0.6 is 7.60 Å². The van der Waals surface area contributed by atoms with Gasteiger partial charge in [0.1, 0.15) is 5.75 Å². The van der Waals surface area contributed by atoms with Gasteiger partial charge in [-0.1, -0.05) is 71.0 Å². The van der Waals surface area contributed by atoms with E-state index < -0.39 is 13.2 Å². The topological polar surface area (TPSA) is 35.5 Å². The van der Waals surface area contributed by atoms with Crippen molar-refractivity contribution in [3.63, 3.8) is 0 Å². The number of benzene rings is 2. The van der Waals surface area contributed by atoms with Crippen LogP contribution < -0.4 is 4.52 Å². The Morgan fingerprint density at radius 2 is 1.21 bits per heavy atom. The lowest BCUT2D eigenvalue weighted by molar-refractivity contribution is 0.0701. The third-order valence-electron chi connectivity index (χ3n) is 6.48. The SMILES string of the molecule is CCC(C)(CC)OP(C)(=O)Oc1ccc(-c2ccc(C(C)(CC)CC)cc2)cc1. The van der Waals surface area contributed by atoms with E-state index in [1.54, 1.807) is 6.66 Å². The molecule has 0 saturated carbocycles. The quantitative estimate of drug-likeness (QED) is 0.366. The molecule has 0 spiro atoms. The number of hydrogen-bond donors (Lipinski definition) is 0. The van der Waals surface area contributed by atoms with Gasteiger partial charge in [0.2, 0.25) is 0 Å². The summed E-state index contributed by atoms with van der Waals surface area (Å²) in [5.41, 5.74) is 3.44. The van der Waals surface area contributed by atoms with Gasteiger partial charge in [-0.25, -0.2) is 4.57 Å². The van der Waals surface area contributed by atoms with Crippen molar-refractivity contribution in [2.45, 2.75) is 78.2 Å². The predicted molar refractivity (Wildman–Crippen MR) is 124 cm³/mol. The van der Waals surface area contributed by atoms with Gasteiger partial charge in [0.05, 0.1) is 5.60 Å². The van der Waals surface area contributed by atoms with Crippen LogP contribution in [0.25, 0.3) is 11.1 Å². The van der Waals surface area contributed by atoms with Crippen molar-refractivity contribution in [1.29, 1.82) is 0 Å². The molecule has 0 amide bonds. The second kappa shape index (κ2) is 9.49. The van der Waals surface area contributed by atoms with E-state index >= 15 is 0 Å². The highest BCUT2D eigenvalue weighted by molar-refractivity contribution is 7.53. The summed E-state index contributed by atoms with van der Waals surface area (Å²) in [7, 11) is -3.19. The van der Waals surface area contributed by atoms with E-state index in [-0.39, 0.29) is 5.41 Å². The van der Waals surface area contributed by atoms with E-state index in [4.69, 9.17) is 9.05 Å². The molecular weight excluding hydrogens is 379 g/mol. The lowest BCUT2D eigenvalue weighted by Gasteiger charge is -2.30. The minimum absolute atomic E-state index is 0.226. The summed E-state index contributed by atoms with van der Waals surface area (Å²) in [5.74, 6) is 0.565. The normalized spacial score (nSPS) is 14.4. The van der Waals surface area contributed by atoms with Gasteiger partial charge >= 0.3 is 7.60 Å². The van der Waals surface area contributed by atoms with Crippen LogP contribution in [0, 0.1) is 0 Å². The molecule has 4 heteroatoms. The minimum Gasteiger partial charge on any atom is -0.425 e. The van der Waals surface area contributed by atoms with Crippen LogP contribution in [-0.2, 0) is 14.5 Å². The molecule has 0 aliphatic heterocycles. The second-order valence-corrected chi connectivity index (χ2v) is 10.4. The average Bonchev–Trinajstić information content (AvgIpc) is 2.73. The fraction of sp³-hybridized carbons (Fsp3) is 0.520. The molecule has 29 heavy (non-hydrogen) atoms.